The molecule has 1 heteroatoms. The molecule has 0 amide bonds. The van der Waals surface area contributed by atoms with Crippen LogP contribution < -0.4 is 0 Å². The van der Waals surface area contributed by atoms with E-state index >= 15 is 0 Å². The van der Waals surface area contributed by atoms with E-state index in [2.05, 4.69) is 32.2 Å². The van der Waals surface area contributed by atoms with Crippen LogP contribution in [0.1, 0.15) is 12.5 Å². The van der Waals surface area contributed by atoms with Crippen LogP contribution in [0.4, 0.5) is 0 Å². The van der Waals surface area contributed by atoms with Crippen molar-refractivity contribution in [3.8, 4) is 0 Å². The third-order valence-corrected chi connectivity index (χ3v) is 2.40. The van der Waals surface area contributed by atoms with Gasteiger partial charge in [0, 0.05) is 0 Å². The summed E-state index contributed by atoms with van der Waals surface area (Å²) in [5.41, 5.74) is 2.26. The van der Waals surface area contributed by atoms with Gasteiger partial charge in [0.2, 0.25) is 0 Å². The summed E-state index contributed by atoms with van der Waals surface area (Å²) in [6.45, 7) is 11.0. The number of hydrogen-bond acceptors (Lipinski definition) is 1. The van der Waals surface area contributed by atoms with Crippen LogP contribution in [0.3, 0.4) is 0 Å². The standard InChI is InChI=1S/C14H18O/c1-4-12(2)13(3)10-15-11-14-8-6-5-7-9-14/h4-9,12H,1,3,10-11H2,2H3. The maximum atomic E-state index is 5.56. The average Bonchev–Trinajstić information content (AvgIpc) is 2.29. The molecule has 1 atom stereocenters. The van der Waals surface area contributed by atoms with E-state index in [4.69, 9.17) is 4.74 Å². The van der Waals surface area contributed by atoms with Gasteiger partial charge in [-0.05, 0) is 17.1 Å². The predicted octanol–water partition coefficient (Wildman–Crippen LogP) is 3.58. The summed E-state index contributed by atoms with van der Waals surface area (Å²) in [7, 11) is 0. The molecule has 0 heterocycles. The molecule has 0 aliphatic heterocycles. The summed E-state index contributed by atoms with van der Waals surface area (Å²) in [4.78, 5) is 0. The quantitative estimate of drug-likeness (QED) is 0.641. The van der Waals surface area contributed by atoms with E-state index in [0.717, 1.165) is 5.57 Å². The van der Waals surface area contributed by atoms with Crippen molar-refractivity contribution in [3.63, 3.8) is 0 Å². The Hall–Kier alpha value is -1.34. The van der Waals surface area contributed by atoms with Crippen LogP contribution >= 0.6 is 0 Å². The molecule has 80 valence electrons. The third-order valence-electron chi connectivity index (χ3n) is 2.40. The van der Waals surface area contributed by atoms with Crippen LogP contribution in [0.5, 0.6) is 0 Å². The summed E-state index contributed by atoms with van der Waals surface area (Å²) in [6, 6.07) is 10.1. The molecule has 0 fully saturated rings. The van der Waals surface area contributed by atoms with Crippen molar-refractivity contribution in [2.75, 3.05) is 6.61 Å². The number of benzene rings is 1. The van der Waals surface area contributed by atoms with Gasteiger partial charge in [-0.3, -0.25) is 0 Å². The van der Waals surface area contributed by atoms with Gasteiger partial charge in [-0.25, -0.2) is 0 Å². The van der Waals surface area contributed by atoms with Crippen molar-refractivity contribution in [2.45, 2.75) is 13.5 Å². The van der Waals surface area contributed by atoms with E-state index in [-0.39, 0.29) is 0 Å². The van der Waals surface area contributed by atoms with Crippen LogP contribution in [0.2, 0.25) is 0 Å². The monoisotopic (exact) mass is 202 g/mol. The molecule has 0 aliphatic carbocycles. The highest BCUT2D eigenvalue weighted by atomic mass is 16.5. The molecule has 1 unspecified atom stereocenters. The smallest absolute Gasteiger partial charge is 0.0721 e. The van der Waals surface area contributed by atoms with Gasteiger partial charge in [0.25, 0.3) is 0 Å². The van der Waals surface area contributed by atoms with Crippen LogP contribution in [0.15, 0.2) is 55.1 Å². The lowest BCUT2D eigenvalue weighted by Gasteiger charge is -2.10. The molecular weight excluding hydrogens is 184 g/mol. The highest BCUT2D eigenvalue weighted by Gasteiger charge is 2.01. The fourth-order valence-corrected chi connectivity index (χ4v) is 1.17. The van der Waals surface area contributed by atoms with E-state index < -0.39 is 0 Å². The second-order valence-corrected chi connectivity index (χ2v) is 3.66. The van der Waals surface area contributed by atoms with Gasteiger partial charge in [-0.1, -0.05) is 49.9 Å². The highest BCUT2D eigenvalue weighted by Crippen LogP contribution is 2.10. The molecule has 0 N–H and O–H groups in total. The van der Waals surface area contributed by atoms with Crippen molar-refractivity contribution >= 4 is 0 Å². The first kappa shape index (κ1) is 11.7. The lowest BCUT2D eigenvalue weighted by molar-refractivity contribution is 0.139. The maximum Gasteiger partial charge on any atom is 0.0721 e. The Morgan fingerprint density at radius 2 is 2.07 bits per heavy atom. The van der Waals surface area contributed by atoms with Crippen LogP contribution in [-0.4, -0.2) is 6.61 Å². The molecule has 0 spiro atoms. The van der Waals surface area contributed by atoms with E-state index in [1.165, 1.54) is 5.56 Å². The number of hydrogen-bond donors (Lipinski definition) is 0. The minimum Gasteiger partial charge on any atom is -0.372 e. The predicted molar refractivity (Wildman–Crippen MR) is 64.6 cm³/mol. The molecular formula is C14H18O. The molecule has 15 heavy (non-hydrogen) atoms. The Bertz CT molecular complexity index is 313. The summed E-state index contributed by atoms with van der Waals surface area (Å²) >= 11 is 0. The second-order valence-electron chi connectivity index (χ2n) is 3.66. The zero-order valence-corrected chi connectivity index (χ0v) is 9.28. The van der Waals surface area contributed by atoms with E-state index in [1.807, 2.05) is 24.3 Å². The van der Waals surface area contributed by atoms with Gasteiger partial charge in [0.05, 0.1) is 13.2 Å². The second kappa shape index (κ2) is 6.20. The Morgan fingerprint density at radius 3 is 2.67 bits per heavy atom. The molecule has 0 radical (unpaired) electrons. The summed E-state index contributed by atoms with van der Waals surface area (Å²) in [5.74, 6) is 0.320. The fraction of sp³-hybridized carbons (Fsp3) is 0.286. The van der Waals surface area contributed by atoms with E-state index in [9.17, 15) is 0 Å². The molecule has 0 saturated heterocycles. The van der Waals surface area contributed by atoms with Gasteiger partial charge < -0.3 is 4.74 Å². The normalized spacial score (nSPS) is 12.1. The molecule has 1 rings (SSSR count). The molecule has 1 aromatic rings. The summed E-state index contributed by atoms with van der Waals surface area (Å²) in [5, 5.41) is 0. The minimum atomic E-state index is 0.320. The molecule has 1 aromatic carbocycles. The van der Waals surface area contributed by atoms with Crippen molar-refractivity contribution < 1.29 is 4.74 Å². The first-order valence-corrected chi connectivity index (χ1v) is 5.16. The van der Waals surface area contributed by atoms with Crippen LogP contribution in [-0.2, 0) is 11.3 Å². The molecule has 0 bridgehead atoms. The molecule has 0 saturated carbocycles. The van der Waals surface area contributed by atoms with Crippen molar-refractivity contribution in [1.29, 1.82) is 0 Å². The van der Waals surface area contributed by atoms with Crippen LogP contribution in [0.25, 0.3) is 0 Å². The first-order chi connectivity index (χ1) is 7.24. The average molecular weight is 202 g/mol. The lowest BCUT2D eigenvalue weighted by Crippen LogP contribution is -2.03. The summed E-state index contributed by atoms with van der Waals surface area (Å²) < 4.78 is 5.56. The number of allylic oxidation sites excluding steroid dienone is 1. The van der Waals surface area contributed by atoms with Gasteiger partial charge >= 0.3 is 0 Å². The van der Waals surface area contributed by atoms with Crippen LogP contribution in [0, 0.1) is 5.92 Å². The largest absolute Gasteiger partial charge is 0.372 e. The van der Waals surface area contributed by atoms with E-state index in [0.29, 0.717) is 19.1 Å². The number of ether oxygens (including phenoxy) is 1. The number of rotatable bonds is 6. The topological polar surface area (TPSA) is 9.23 Å². The van der Waals surface area contributed by atoms with Gasteiger partial charge in [-0.15, -0.1) is 6.58 Å². The van der Waals surface area contributed by atoms with Gasteiger partial charge in [0.15, 0.2) is 0 Å². The van der Waals surface area contributed by atoms with Crippen molar-refractivity contribution in [2.24, 2.45) is 5.92 Å². The molecule has 1 nitrogen and oxygen atoms in total. The zero-order chi connectivity index (χ0) is 11.1. The Morgan fingerprint density at radius 1 is 1.40 bits per heavy atom. The van der Waals surface area contributed by atoms with E-state index in [1.54, 1.807) is 0 Å². The Balaban J connectivity index is 2.28. The highest BCUT2D eigenvalue weighted by molar-refractivity contribution is 5.13. The third kappa shape index (κ3) is 4.13. The van der Waals surface area contributed by atoms with Gasteiger partial charge in [-0.2, -0.15) is 0 Å². The Labute approximate surface area is 92.1 Å². The zero-order valence-electron chi connectivity index (χ0n) is 9.28. The maximum absolute atomic E-state index is 5.56. The van der Waals surface area contributed by atoms with Crippen molar-refractivity contribution in [1.82, 2.24) is 0 Å². The lowest BCUT2D eigenvalue weighted by atomic mass is 10.0. The fourth-order valence-electron chi connectivity index (χ4n) is 1.17. The minimum absolute atomic E-state index is 0.320. The SMILES string of the molecule is C=CC(C)C(=C)COCc1ccccc1. The molecule has 0 aromatic heterocycles. The molecule has 0 aliphatic rings. The van der Waals surface area contributed by atoms with Gasteiger partial charge in [0.1, 0.15) is 0 Å². The Kier molecular flexibility index (Phi) is 4.85. The first-order valence-electron chi connectivity index (χ1n) is 5.16. The van der Waals surface area contributed by atoms with Crippen molar-refractivity contribution in [3.05, 3.63) is 60.7 Å². The summed E-state index contributed by atoms with van der Waals surface area (Å²) in [6.07, 6.45) is 1.88.